The number of nitrogens with one attached hydrogen (secondary N) is 1. The molecule has 1 amide bonds. The van der Waals surface area contributed by atoms with Gasteiger partial charge in [0.05, 0.1) is 5.71 Å². The Morgan fingerprint density at radius 2 is 2.04 bits per heavy atom. The summed E-state index contributed by atoms with van der Waals surface area (Å²) < 4.78 is 0. The Kier molecular flexibility index (Phi) is 4.98. The van der Waals surface area contributed by atoms with E-state index in [0.717, 1.165) is 24.6 Å². The number of benzene rings is 1. The van der Waals surface area contributed by atoms with Gasteiger partial charge in [-0.2, -0.15) is 0 Å². The predicted octanol–water partition coefficient (Wildman–Crippen LogP) is 2.67. The molecule has 0 aromatic heterocycles. The van der Waals surface area contributed by atoms with E-state index in [-0.39, 0.29) is 17.9 Å². The van der Waals surface area contributed by atoms with Crippen LogP contribution in [-0.4, -0.2) is 41.8 Å². The van der Waals surface area contributed by atoms with Crippen molar-refractivity contribution in [1.29, 1.82) is 0 Å². The predicted molar refractivity (Wildman–Crippen MR) is 102 cm³/mol. The van der Waals surface area contributed by atoms with Crippen LogP contribution in [0.4, 0.5) is 0 Å². The van der Waals surface area contributed by atoms with Gasteiger partial charge in [0.25, 0.3) is 0 Å². The molecule has 1 aromatic carbocycles. The molecule has 1 aliphatic carbocycles. The van der Waals surface area contributed by atoms with E-state index < -0.39 is 0 Å². The number of rotatable bonds is 4. The maximum absolute atomic E-state index is 12.5. The summed E-state index contributed by atoms with van der Waals surface area (Å²) >= 11 is 0. The molecule has 5 nitrogen and oxygen atoms in total. The van der Waals surface area contributed by atoms with E-state index in [0.29, 0.717) is 6.54 Å². The third-order valence-electron chi connectivity index (χ3n) is 6.23. The van der Waals surface area contributed by atoms with E-state index in [1.165, 1.54) is 49.0 Å². The summed E-state index contributed by atoms with van der Waals surface area (Å²) in [5.74, 6) is -0.269. The van der Waals surface area contributed by atoms with Gasteiger partial charge in [-0.1, -0.05) is 29.8 Å². The summed E-state index contributed by atoms with van der Waals surface area (Å²) in [4.78, 5) is 20.3. The van der Waals surface area contributed by atoms with Crippen LogP contribution >= 0.6 is 0 Å². The quantitative estimate of drug-likeness (QED) is 0.903. The summed E-state index contributed by atoms with van der Waals surface area (Å²) in [5.41, 5.74) is 4.86. The molecule has 0 bridgehead atoms. The van der Waals surface area contributed by atoms with Crippen LogP contribution in [-0.2, 0) is 29.0 Å². The fourth-order valence-electron chi connectivity index (χ4n) is 4.35. The molecule has 2 atom stereocenters. The first-order valence-corrected chi connectivity index (χ1v) is 9.94. The molecule has 1 fully saturated rings. The Morgan fingerprint density at radius 1 is 1.27 bits per heavy atom. The summed E-state index contributed by atoms with van der Waals surface area (Å²) in [7, 11) is 0. The monoisotopic (exact) mass is 355 g/mol. The maximum Gasteiger partial charge on any atom is 0.233 e. The second-order valence-corrected chi connectivity index (χ2v) is 7.96. The molecule has 2 heterocycles. The van der Waals surface area contributed by atoms with Crippen molar-refractivity contribution in [2.75, 3.05) is 13.1 Å². The highest BCUT2D eigenvalue weighted by Crippen LogP contribution is 2.27. The lowest BCUT2D eigenvalue weighted by Gasteiger charge is -2.36. The molecular weight excluding hydrogens is 326 g/mol. The average molecular weight is 355 g/mol. The minimum absolute atomic E-state index is 0.00218. The Bertz CT molecular complexity index is 711. The van der Waals surface area contributed by atoms with E-state index in [2.05, 4.69) is 33.6 Å². The number of nitrogens with zero attached hydrogens (tertiary/aromatic N) is 2. The van der Waals surface area contributed by atoms with Crippen molar-refractivity contribution in [2.24, 2.45) is 11.1 Å². The highest BCUT2D eigenvalue weighted by molar-refractivity contribution is 6.04. The lowest BCUT2D eigenvalue weighted by Crippen LogP contribution is -2.41. The second-order valence-electron chi connectivity index (χ2n) is 7.96. The number of hydrogen-bond donors (Lipinski definition) is 1. The molecule has 2 aliphatic heterocycles. The SMILES string of the molecule is CC1=NOC(C)C1C(=O)NCc1ccc2c(c1)CCN(C1CCC1)CC2. The molecule has 5 heteroatoms. The Balaban J connectivity index is 1.36. The maximum atomic E-state index is 12.5. The summed E-state index contributed by atoms with van der Waals surface area (Å²) in [6.45, 7) is 6.66. The Morgan fingerprint density at radius 3 is 2.69 bits per heavy atom. The number of oxime groups is 1. The summed E-state index contributed by atoms with van der Waals surface area (Å²) in [5, 5.41) is 6.99. The molecule has 0 saturated heterocycles. The number of amides is 1. The highest BCUT2D eigenvalue weighted by Gasteiger charge is 2.34. The third-order valence-corrected chi connectivity index (χ3v) is 6.23. The molecule has 3 aliphatic rings. The molecule has 4 rings (SSSR count). The standard InChI is InChI=1S/C21H29N3O2/c1-14-20(15(2)26-23-14)21(25)22-13-16-6-7-17-8-10-24(19-4-3-5-19)11-9-18(17)12-16/h6-7,12,15,19-20H,3-5,8-11,13H2,1-2H3,(H,22,25). The highest BCUT2D eigenvalue weighted by atomic mass is 16.6. The first kappa shape index (κ1) is 17.5. The second kappa shape index (κ2) is 7.39. The van der Waals surface area contributed by atoms with Gasteiger partial charge in [-0.05, 0) is 56.2 Å². The van der Waals surface area contributed by atoms with Crippen LogP contribution in [0, 0.1) is 5.92 Å². The van der Waals surface area contributed by atoms with Crippen LogP contribution < -0.4 is 5.32 Å². The smallest absolute Gasteiger partial charge is 0.233 e. The van der Waals surface area contributed by atoms with Crippen molar-refractivity contribution >= 4 is 11.6 Å². The topological polar surface area (TPSA) is 53.9 Å². The van der Waals surface area contributed by atoms with Crippen LogP contribution in [0.2, 0.25) is 0 Å². The van der Waals surface area contributed by atoms with Crippen molar-refractivity contribution in [3.05, 3.63) is 34.9 Å². The first-order chi connectivity index (χ1) is 12.6. The van der Waals surface area contributed by atoms with Crippen molar-refractivity contribution in [1.82, 2.24) is 10.2 Å². The van der Waals surface area contributed by atoms with Gasteiger partial charge < -0.3 is 10.2 Å². The zero-order valence-corrected chi connectivity index (χ0v) is 15.8. The Hall–Kier alpha value is -1.88. The number of hydrogen-bond acceptors (Lipinski definition) is 4. The van der Waals surface area contributed by atoms with Gasteiger partial charge in [0.15, 0.2) is 0 Å². The van der Waals surface area contributed by atoms with Gasteiger partial charge in [-0.15, -0.1) is 0 Å². The van der Waals surface area contributed by atoms with Crippen LogP contribution in [0.25, 0.3) is 0 Å². The normalized spacial score (nSPS) is 26.3. The molecule has 2 unspecified atom stereocenters. The van der Waals surface area contributed by atoms with Crippen molar-refractivity contribution < 1.29 is 9.63 Å². The summed E-state index contributed by atoms with van der Waals surface area (Å²) in [6.07, 6.45) is 6.23. The van der Waals surface area contributed by atoms with Gasteiger partial charge in [0.1, 0.15) is 12.0 Å². The molecule has 140 valence electrons. The van der Waals surface area contributed by atoms with Gasteiger partial charge in [-0.3, -0.25) is 9.69 Å². The lowest BCUT2D eigenvalue weighted by molar-refractivity contribution is -0.125. The summed E-state index contributed by atoms with van der Waals surface area (Å²) in [6, 6.07) is 7.53. The zero-order valence-electron chi connectivity index (χ0n) is 15.8. The number of carbonyl (C=O) groups excluding carboxylic acids is 1. The van der Waals surface area contributed by atoms with E-state index >= 15 is 0 Å². The van der Waals surface area contributed by atoms with Crippen molar-refractivity contribution in [2.45, 2.75) is 64.6 Å². The van der Waals surface area contributed by atoms with Crippen molar-refractivity contribution in [3.63, 3.8) is 0 Å². The molecule has 0 spiro atoms. The minimum Gasteiger partial charge on any atom is -0.392 e. The van der Waals surface area contributed by atoms with Gasteiger partial charge in [0, 0.05) is 25.7 Å². The molecule has 1 N–H and O–H groups in total. The zero-order chi connectivity index (χ0) is 18.1. The molecule has 0 radical (unpaired) electrons. The largest absolute Gasteiger partial charge is 0.392 e. The average Bonchev–Trinajstić information content (AvgIpc) is 2.79. The van der Waals surface area contributed by atoms with Crippen molar-refractivity contribution in [3.8, 4) is 0 Å². The molecular formula is C21H29N3O2. The van der Waals surface area contributed by atoms with E-state index in [9.17, 15) is 4.79 Å². The minimum atomic E-state index is -0.271. The molecule has 1 saturated carbocycles. The van der Waals surface area contributed by atoms with Crippen LogP contribution in [0.15, 0.2) is 23.4 Å². The third kappa shape index (κ3) is 3.50. The molecule has 26 heavy (non-hydrogen) atoms. The first-order valence-electron chi connectivity index (χ1n) is 9.94. The van der Waals surface area contributed by atoms with Gasteiger partial charge >= 0.3 is 0 Å². The van der Waals surface area contributed by atoms with Crippen LogP contribution in [0.3, 0.4) is 0 Å². The van der Waals surface area contributed by atoms with E-state index in [1.807, 2.05) is 13.8 Å². The molecule has 1 aromatic rings. The van der Waals surface area contributed by atoms with E-state index in [1.54, 1.807) is 0 Å². The lowest BCUT2D eigenvalue weighted by atomic mass is 9.91. The fraction of sp³-hybridized carbons (Fsp3) is 0.619. The number of fused-ring (bicyclic) bond motifs is 1. The van der Waals surface area contributed by atoms with Crippen LogP contribution in [0.1, 0.15) is 49.8 Å². The van der Waals surface area contributed by atoms with Crippen LogP contribution in [0.5, 0.6) is 0 Å². The van der Waals surface area contributed by atoms with E-state index in [4.69, 9.17) is 4.84 Å². The van der Waals surface area contributed by atoms with Gasteiger partial charge in [0.2, 0.25) is 5.91 Å². The Labute approximate surface area is 155 Å². The van der Waals surface area contributed by atoms with Gasteiger partial charge in [-0.25, -0.2) is 0 Å². The fourth-order valence-corrected chi connectivity index (χ4v) is 4.35. The number of carbonyl (C=O) groups is 1.